The molecular formula is C17H15N. The molecule has 3 aromatic carbocycles. The molecule has 0 amide bonds. The Labute approximate surface area is 107 Å². The van der Waals surface area contributed by atoms with E-state index in [1.54, 1.807) is 0 Å². The molecule has 0 atom stereocenters. The van der Waals surface area contributed by atoms with Crippen LogP contribution in [-0.4, -0.2) is 0 Å². The van der Waals surface area contributed by atoms with Crippen LogP contribution in [0.15, 0.2) is 72.8 Å². The highest BCUT2D eigenvalue weighted by Crippen LogP contribution is 2.16. The first-order chi connectivity index (χ1) is 8.92. The van der Waals surface area contributed by atoms with Crippen molar-refractivity contribution in [3.8, 4) is 0 Å². The highest BCUT2D eigenvalue weighted by molar-refractivity contribution is 5.81. The lowest BCUT2D eigenvalue weighted by Crippen LogP contribution is -2.04. The summed E-state index contributed by atoms with van der Waals surface area (Å²) < 4.78 is 0. The minimum atomic E-state index is 1.02. The van der Waals surface area contributed by atoms with E-state index < -0.39 is 0 Å². The van der Waals surface area contributed by atoms with Crippen molar-refractivity contribution in [2.24, 2.45) is 0 Å². The minimum Gasteiger partial charge on any atom is -0.381 e. The average molecular weight is 233 g/mol. The van der Waals surface area contributed by atoms with Crippen molar-refractivity contribution in [3.63, 3.8) is 0 Å². The van der Waals surface area contributed by atoms with E-state index in [0.29, 0.717) is 0 Å². The molecule has 0 aliphatic carbocycles. The topological polar surface area (TPSA) is 12.0 Å². The van der Waals surface area contributed by atoms with E-state index >= 15 is 0 Å². The quantitative estimate of drug-likeness (QED) is 0.604. The Bertz CT molecular complexity index is 553. The van der Waals surface area contributed by atoms with Crippen molar-refractivity contribution in [2.45, 2.75) is 6.54 Å². The number of nitrogens with one attached hydrogen (secondary N) is 1. The molecule has 2 bridgehead atoms. The van der Waals surface area contributed by atoms with Crippen molar-refractivity contribution >= 4 is 16.5 Å². The third-order valence-electron chi connectivity index (χ3n) is 3.11. The molecule has 0 radical (unpaired) electrons. The number of anilines is 1. The lowest BCUT2D eigenvalue weighted by molar-refractivity contribution is 1.11. The van der Waals surface area contributed by atoms with E-state index in [1.165, 1.54) is 22.0 Å². The predicted octanol–water partition coefficient (Wildman–Crippen LogP) is 4.45. The molecule has 0 saturated heterocycles. The first-order valence-electron chi connectivity index (χ1n) is 6.18. The molecule has 88 valence electrons. The van der Waals surface area contributed by atoms with Gasteiger partial charge in [0.15, 0.2) is 0 Å². The standard InChI is InChI=1S/C10H8.C7H7N/c1-2-6-10-8-4-3-7-9(10)5-1;1-3-7-4-2-6(1)5-8-7/h1-8H;1-4,8H,5H2. The van der Waals surface area contributed by atoms with Crippen molar-refractivity contribution in [1.29, 1.82) is 0 Å². The summed E-state index contributed by atoms with van der Waals surface area (Å²) in [7, 11) is 0. The van der Waals surface area contributed by atoms with Gasteiger partial charge < -0.3 is 5.32 Å². The summed E-state index contributed by atoms with van der Waals surface area (Å²) in [4.78, 5) is 0. The number of benzene rings is 3. The van der Waals surface area contributed by atoms with Crippen molar-refractivity contribution in [1.82, 2.24) is 0 Å². The van der Waals surface area contributed by atoms with Gasteiger partial charge in [0.1, 0.15) is 0 Å². The molecule has 2 aliphatic rings. The maximum absolute atomic E-state index is 3.22. The molecule has 1 N–H and O–H groups in total. The van der Waals surface area contributed by atoms with E-state index in [4.69, 9.17) is 0 Å². The summed E-state index contributed by atoms with van der Waals surface area (Å²) in [5, 5.41) is 5.84. The Hall–Kier alpha value is -2.28. The summed E-state index contributed by atoms with van der Waals surface area (Å²) >= 11 is 0. The van der Waals surface area contributed by atoms with Gasteiger partial charge in [0, 0.05) is 12.2 Å². The van der Waals surface area contributed by atoms with Gasteiger partial charge in [-0.3, -0.25) is 0 Å². The number of hydrogen-bond donors (Lipinski definition) is 1. The fraction of sp³-hybridized carbons (Fsp3) is 0.0588. The van der Waals surface area contributed by atoms with Gasteiger partial charge in [-0.05, 0) is 28.5 Å². The van der Waals surface area contributed by atoms with Gasteiger partial charge in [-0.15, -0.1) is 0 Å². The molecule has 18 heavy (non-hydrogen) atoms. The molecule has 2 aliphatic heterocycles. The van der Waals surface area contributed by atoms with Crippen LogP contribution in [0.4, 0.5) is 5.69 Å². The average Bonchev–Trinajstić information content (AvgIpc) is 2.50. The second-order valence-electron chi connectivity index (χ2n) is 4.40. The molecule has 1 nitrogen and oxygen atoms in total. The molecule has 1 heteroatoms. The highest BCUT2D eigenvalue weighted by atomic mass is 14.9. The molecule has 0 fully saturated rings. The summed E-state index contributed by atoms with van der Waals surface area (Å²) in [6.45, 7) is 1.02. The van der Waals surface area contributed by atoms with E-state index in [0.717, 1.165) is 6.54 Å². The van der Waals surface area contributed by atoms with Gasteiger partial charge >= 0.3 is 0 Å². The fourth-order valence-corrected chi connectivity index (χ4v) is 2.08. The Morgan fingerprint density at radius 3 is 1.33 bits per heavy atom. The third kappa shape index (κ3) is 2.35. The van der Waals surface area contributed by atoms with Crippen LogP contribution in [0.5, 0.6) is 0 Å². The summed E-state index contributed by atoms with van der Waals surface area (Å²) in [6.07, 6.45) is 0. The van der Waals surface area contributed by atoms with E-state index in [1.807, 2.05) is 0 Å². The first kappa shape index (κ1) is 10.8. The minimum absolute atomic E-state index is 1.02. The zero-order chi connectivity index (χ0) is 12.2. The Morgan fingerprint density at radius 2 is 1.11 bits per heavy atom. The van der Waals surface area contributed by atoms with Crippen LogP contribution in [-0.2, 0) is 6.54 Å². The fourth-order valence-electron chi connectivity index (χ4n) is 2.08. The van der Waals surface area contributed by atoms with Gasteiger partial charge in [0.2, 0.25) is 0 Å². The van der Waals surface area contributed by atoms with Crippen LogP contribution < -0.4 is 5.32 Å². The predicted molar refractivity (Wildman–Crippen MR) is 77.7 cm³/mol. The summed E-state index contributed by atoms with van der Waals surface area (Å²) in [6, 6.07) is 25.2. The van der Waals surface area contributed by atoms with Crippen LogP contribution in [0.2, 0.25) is 0 Å². The Kier molecular flexibility index (Phi) is 2.97. The normalized spacial score (nSPS) is 11.6. The van der Waals surface area contributed by atoms with Gasteiger partial charge in [-0.25, -0.2) is 0 Å². The van der Waals surface area contributed by atoms with Gasteiger partial charge in [-0.1, -0.05) is 60.7 Å². The molecule has 3 aromatic rings. The van der Waals surface area contributed by atoms with Crippen molar-refractivity contribution in [3.05, 3.63) is 78.4 Å². The molecule has 0 spiro atoms. The smallest absolute Gasteiger partial charge is 0.0400 e. The largest absolute Gasteiger partial charge is 0.381 e. The molecule has 0 saturated carbocycles. The van der Waals surface area contributed by atoms with E-state index in [2.05, 4.69) is 78.1 Å². The highest BCUT2D eigenvalue weighted by Gasteiger charge is 1.99. The zero-order valence-corrected chi connectivity index (χ0v) is 10.1. The first-order valence-corrected chi connectivity index (χ1v) is 6.18. The van der Waals surface area contributed by atoms with Crippen molar-refractivity contribution in [2.75, 3.05) is 5.32 Å². The second-order valence-corrected chi connectivity index (χ2v) is 4.40. The maximum atomic E-state index is 3.22. The van der Waals surface area contributed by atoms with Crippen LogP contribution in [0.1, 0.15) is 5.56 Å². The van der Waals surface area contributed by atoms with Gasteiger partial charge in [-0.2, -0.15) is 0 Å². The summed E-state index contributed by atoms with van der Waals surface area (Å²) in [5.74, 6) is 0. The van der Waals surface area contributed by atoms with E-state index in [9.17, 15) is 0 Å². The maximum Gasteiger partial charge on any atom is 0.0400 e. The lowest BCUT2D eigenvalue weighted by Gasteiger charge is -2.12. The Balaban J connectivity index is 0.000000114. The van der Waals surface area contributed by atoms with Crippen molar-refractivity contribution < 1.29 is 0 Å². The van der Waals surface area contributed by atoms with Crippen LogP contribution in [0.3, 0.4) is 0 Å². The number of fused-ring (bicyclic) bond motifs is 4. The van der Waals surface area contributed by atoms with Crippen LogP contribution >= 0.6 is 0 Å². The van der Waals surface area contributed by atoms with E-state index in [-0.39, 0.29) is 0 Å². The molecule has 0 aromatic heterocycles. The van der Waals surface area contributed by atoms with Crippen LogP contribution in [0.25, 0.3) is 10.8 Å². The summed E-state index contributed by atoms with van der Waals surface area (Å²) in [5.41, 5.74) is 2.61. The number of rotatable bonds is 0. The molecule has 2 heterocycles. The monoisotopic (exact) mass is 233 g/mol. The Morgan fingerprint density at radius 1 is 0.611 bits per heavy atom. The molecular weight excluding hydrogens is 218 g/mol. The van der Waals surface area contributed by atoms with Crippen LogP contribution in [0, 0.1) is 0 Å². The zero-order valence-electron chi connectivity index (χ0n) is 10.1. The second kappa shape index (κ2) is 4.92. The third-order valence-corrected chi connectivity index (χ3v) is 3.11. The number of hydrogen-bond acceptors (Lipinski definition) is 1. The SMILES string of the molecule is c1cc2ccc1CN2.c1ccc2ccccc2c1. The van der Waals surface area contributed by atoms with Gasteiger partial charge in [0.05, 0.1) is 0 Å². The van der Waals surface area contributed by atoms with Gasteiger partial charge in [0.25, 0.3) is 0 Å². The molecule has 5 rings (SSSR count). The molecule has 0 unspecified atom stereocenters. The lowest BCUT2D eigenvalue weighted by atomic mass is 10.1.